The fraction of sp³-hybridized carbons (Fsp3) is 0.231. The average Bonchev–Trinajstić information content (AvgIpc) is 2.78. The van der Waals surface area contributed by atoms with Gasteiger partial charge in [-0.3, -0.25) is 0 Å². The van der Waals surface area contributed by atoms with E-state index < -0.39 is 5.97 Å². The van der Waals surface area contributed by atoms with E-state index in [0.29, 0.717) is 17.2 Å². The quantitative estimate of drug-likeness (QED) is 0.798. The lowest BCUT2D eigenvalue weighted by molar-refractivity contribution is 0.0520. The summed E-state index contributed by atoms with van der Waals surface area (Å²) in [5, 5.41) is 2.08. The molecular formula is C13H12FNO2S. The summed E-state index contributed by atoms with van der Waals surface area (Å²) in [5.41, 5.74) is 1.46. The highest BCUT2D eigenvalue weighted by Gasteiger charge is 2.16. The Kier molecular flexibility index (Phi) is 3.72. The number of hydrogen-bond acceptors (Lipinski definition) is 4. The molecule has 0 bridgehead atoms. The lowest BCUT2D eigenvalue weighted by atomic mass is 10.1. The molecule has 2 rings (SSSR count). The Morgan fingerprint density at radius 1 is 1.50 bits per heavy atom. The van der Waals surface area contributed by atoms with Gasteiger partial charge < -0.3 is 4.74 Å². The smallest absolute Gasteiger partial charge is 0.357 e. The maximum absolute atomic E-state index is 13.7. The largest absolute Gasteiger partial charge is 0.461 e. The SMILES string of the molecule is CCOC(=O)c1csc(-c2c(C)cccc2F)n1. The summed E-state index contributed by atoms with van der Waals surface area (Å²) in [6.07, 6.45) is 0. The van der Waals surface area contributed by atoms with Crippen LogP contribution >= 0.6 is 11.3 Å². The number of aromatic nitrogens is 1. The van der Waals surface area contributed by atoms with E-state index in [9.17, 15) is 9.18 Å². The van der Waals surface area contributed by atoms with Gasteiger partial charge in [0.25, 0.3) is 0 Å². The molecule has 3 nitrogen and oxygen atoms in total. The summed E-state index contributed by atoms with van der Waals surface area (Å²) in [7, 11) is 0. The Morgan fingerprint density at radius 3 is 2.94 bits per heavy atom. The highest BCUT2D eigenvalue weighted by molar-refractivity contribution is 7.13. The molecule has 1 aromatic heterocycles. The van der Waals surface area contributed by atoms with Crippen LogP contribution in [0.25, 0.3) is 10.6 Å². The van der Waals surface area contributed by atoms with Gasteiger partial charge in [-0.05, 0) is 25.5 Å². The Balaban J connectivity index is 2.38. The molecule has 0 fully saturated rings. The number of nitrogens with zero attached hydrogens (tertiary/aromatic N) is 1. The fourth-order valence-corrected chi connectivity index (χ4v) is 2.49. The molecule has 2 aromatic rings. The number of thiazole rings is 1. The first-order valence-electron chi connectivity index (χ1n) is 5.51. The van der Waals surface area contributed by atoms with Gasteiger partial charge >= 0.3 is 5.97 Å². The molecular weight excluding hydrogens is 253 g/mol. The highest BCUT2D eigenvalue weighted by atomic mass is 32.1. The van der Waals surface area contributed by atoms with Crippen LogP contribution in [0, 0.1) is 12.7 Å². The minimum absolute atomic E-state index is 0.222. The first kappa shape index (κ1) is 12.7. The Morgan fingerprint density at radius 2 is 2.28 bits per heavy atom. The number of benzene rings is 1. The second-order valence-electron chi connectivity index (χ2n) is 3.69. The van der Waals surface area contributed by atoms with Crippen molar-refractivity contribution in [2.24, 2.45) is 0 Å². The van der Waals surface area contributed by atoms with Crippen LogP contribution in [0.1, 0.15) is 23.0 Å². The molecule has 0 aliphatic heterocycles. The molecule has 0 N–H and O–H groups in total. The normalized spacial score (nSPS) is 10.4. The van der Waals surface area contributed by atoms with Crippen molar-refractivity contribution in [2.75, 3.05) is 6.61 Å². The van der Waals surface area contributed by atoms with Crippen molar-refractivity contribution in [3.63, 3.8) is 0 Å². The van der Waals surface area contributed by atoms with Crippen molar-refractivity contribution in [2.45, 2.75) is 13.8 Å². The van der Waals surface area contributed by atoms with Crippen molar-refractivity contribution < 1.29 is 13.9 Å². The zero-order chi connectivity index (χ0) is 13.1. The monoisotopic (exact) mass is 265 g/mol. The molecule has 1 aromatic carbocycles. The minimum atomic E-state index is -0.478. The third-order valence-corrected chi connectivity index (χ3v) is 3.28. The molecule has 1 heterocycles. The predicted molar refractivity (Wildman–Crippen MR) is 68.2 cm³/mol. The number of aryl methyl sites for hydroxylation is 1. The average molecular weight is 265 g/mol. The summed E-state index contributed by atoms with van der Waals surface area (Å²) in [4.78, 5) is 15.6. The third-order valence-electron chi connectivity index (χ3n) is 2.42. The molecule has 0 atom stereocenters. The molecule has 18 heavy (non-hydrogen) atoms. The summed E-state index contributed by atoms with van der Waals surface area (Å²) >= 11 is 1.23. The zero-order valence-corrected chi connectivity index (χ0v) is 10.9. The van der Waals surface area contributed by atoms with Gasteiger partial charge in [-0.1, -0.05) is 12.1 Å². The fourth-order valence-electron chi connectivity index (χ4n) is 1.59. The van der Waals surface area contributed by atoms with Crippen LogP contribution in [0.5, 0.6) is 0 Å². The maximum Gasteiger partial charge on any atom is 0.357 e. The van der Waals surface area contributed by atoms with E-state index in [1.807, 2.05) is 13.0 Å². The van der Waals surface area contributed by atoms with E-state index in [0.717, 1.165) is 5.56 Å². The highest BCUT2D eigenvalue weighted by Crippen LogP contribution is 2.29. The lowest BCUT2D eigenvalue weighted by Gasteiger charge is -2.03. The molecule has 0 spiro atoms. The van der Waals surface area contributed by atoms with Crippen LogP contribution < -0.4 is 0 Å². The van der Waals surface area contributed by atoms with E-state index in [-0.39, 0.29) is 11.5 Å². The van der Waals surface area contributed by atoms with Gasteiger partial charge in [-0.15, -0.1) is 11.3 Å². The second-order valence-corrected chi connectivity index (χ2v) is 4.55. The van der Waals surface area contributed by atoms with E-state index >= 15 is 0 Å². The Labute approximate surface area is 108 Å². The summed E-state index contributed by atoms with van der Waals surface area (Å²) < 4.78 is 18.6. The number of hydrogen-bond donors (Lipinski definition) is 0. The molecule has 0 aliphatic carbocycles. The molecule has 0 radical (unpaired) electrons. The van der Waals surface area contributed by atoms with E-state index in [1.54, 1.807) is 18.4 Å². The van der Waals surface area contributed by atoms with Crippen LogP contribution in [0.2, 0.25) is 0 Å². The summed E-state index contributed by atoms with van der Waals surface area (Å²) in [5.74, 6) is -0.811. The van der Waals surface area contributed by atoms with Gasteiger partial charge in [0.1, 0.15) is 10.8 Å². The van der Waals surface area contributed by atoms with E-state index in [1.165, 1.54) is 17.4 Å². The summed E-state index contributed by atoms with van der Waals surface area (Å²) in [6, 6.07) is 4.84. The summed E-state index contributed by atoms with van der Waals surface area (Å²) in [6.45, 7) is 3.83. The minimum Gasteiger partial charge on any atom is -0.461 e. The molecule has 94 valence electrons. The van der Waals surface area contributed by atoms with Crippen molar-refractivity contribution >= 4 is 17.3 Å². The number of carbonyl (C=O) groups is 1. The van der Waals surface area contributed by atoms with Gasteiger partial charge in [0.15, 0.2) is 5.69 Å². The van der Waals surface area contributed by atoms with Gasteiger partial charge in [0, 0.05) is 10.9 Å². The first-order valence-corrected chi connectivity index (χ1v) is 6.39. The number of rotatable bonds is 3. The second kappa shape index (κ2) is 5.27. The predicted octanol–water partition coefficient (Wildman–Crippen LogP) is 3.43. The van der Waals surface area contributed by atoms with E-state index in [2.05, 4.69) is 4.98 Å². The van der Waals surface area contributed by atoms with Crippen LogP contribution in [-0.4, -0.2) is 17.6 Å². The van der Waals surface area contributed by atoms with Crippen LogP contribution in [0.15, 0.2) is 23.6 Å². The van der Waals surface area contributed by atoms with Gasteiger partial charge in [0.2, 0.25) is 0 Å². The zero-order valence-electron chi connectivity index (χ0n) is 10.1. The molecule has 5 heteroatoms. The number of halogens is 1. The standard InChI is InChI=1S/C13H12FNO2S/c1-3-17-13(16)10-7-18-12(15-10)11-8(2)5-4-6-9(11)14/h4-7H,3H2,1-2H3. The molecule has 0 saturated carbocycles. The molecule has 0 unspecified atom stereocenters. The Bertz CT molecular complexity index is 560. The van der Waals surface area contributed by atoms with Gasteiger partial charge in [0.05, 0.1) is 6.61 Å². The maximum atomic E-state index is 13.7. The number of esters is 1. The van der Waals surface area contributed by atoms with Crippen LogP contribution in [-0.2, 0) is 4.74 Å². The van der Waals surface area contributed by atoms with Crippen LogP contribution in [0.4, 0.5) is 4.39 Å². The number of ether oxygens (including phenoxy) is 1. The van der Waals surface area contributed by atoms with Crippen molar-refractivity contribution in [1.82, 2.24) is 4.98 Å². The number of carbonyl (C=O) groups excluding carboxylic acids is 1. The lowest BCUT2D eigenvalue weighted by Crippen LogP contribution is -2.04. The Hall–Kier alpha value is -1.75. The van der Waals surface area contributed by atoms with E-state index in [4.69, 9.17) is 4.74 Å². The van der Waals surface area contributed by atoms with Crippen molar-refractivity contribution in [3.05, 3.63) is 40.7 Å². The van der Waals surface area contributed by atoms with Crippen LogP contribution in [0.3, 0.4) is 0 Å². The van der Waals surface area contributed by atoms with Gasteiger partial charge in [-0.2, -0.15) is 0 Å². The van der Waals surface area contributed by atoms with Crippen molar-refractivity contribution in [3.8, 4) is 10.6 Å². The molecule has 0 amide bonds. The van der Waals surface area contributed by atoms with Gasteiger partial charge in [-0.25, -0.2) is 14.2 Å². The van der Waals surface area contributed by atoms with Crippen molar-refractivity contribution in [1.29, 1.82) is 0 Å². The molecule has 0 saturated heterocycles. The topological polar surface area (TPSA) is 39.2 Å². The third kappa shape index (κ3) is 2.41. The molecule has 0 aliphatic rings. The first-order chi connectivity index (χ1) is 8.63.